The van der Waals surface area contributed by atoms with Crippen LogP contribution in [-0.2, 0) is 16.2 Å². The van der Waals surface area contributed by atoms with E-state index < -0.39 is 17.8 Å². The van der Waals surface area contributed by atoms with Crippen LogP contribution in [0.15, 0.2) is 82.8 Å². The van der Waals surface area contributed by atoms with E-state index in [9.17, 15) is 14.4 Å². The Morgan fingerprint density at radius 3 is 2.55 bits per heavy atom. The van der Waals surface area contributed by atoms with E-state index in [2.05, 4.69) is 52.4 Å². The number of barbiturate groups is 1. The summed E-state index contributed by atoms with van der Waals surface area (Å²) in [5.74, 6) is -0.879. The molecule has 0 atom stereocenters. The minimum atomic E-state index is -0.823. The third-order valence-corrected chi connectivity index (χ3v) is 7.52. The van der Waals surface area contributed by atoms with Gasteiger partial charge in [-0.05, 0) is 87.6 Å². The minimum Gasteiger partial charge on any atom is -0.488 e. The molecule has 1 aliphatic heterocycles. The first-order chi connectivity index (χ1) is 18.2. The third kappa shape index (κ3) is 4.83. The number of aryl methyl sites for hydroxylation is 1. The van der Waals surface area contributed by atoms with Gasteiger partial charge in [0.1, 0.15) is 17.9 Å². The molecule has 1 fully saturated rings. The number of ether oxygens (including phenoxy) is 1. The van der Waals surface area contributed by atoms with Crippen LogP contribution in [-0.4, -0.2) is 17.8 Å². The van der Waals surface area contributed by atoms with E-state index in [1.165, 1.54) is 6.08 Å². The van der Waals surface area contributed by atoms with E-state index in [1.54, 1.807) is 43.3 Å². The van der Waals surface area contributed by atoms with Crippen molar-refractivity contribution in [3.63, 3.8) is 0 Å². The molecule has 0 spiro atoms. The lowest BCUT2D eigenvalue weighted by Gasteiger charge is -2.27. The number of nitrogens with one attached hydrogen (secondary N) is 1. The highest BCUT2D eigenvalue weighted by Crippen LogP contribution is 2.32. The molecule has 38 heavy (non-hydrogen) atoms. The minimum absolute atomic E-state index is 0.170. The summed E-state index contributed by atoms with van der Waals surface area (Å²) >= 11 is 9.73. The van der Waals surface area contributed by atoms with E-state index in [-0.39, 0.29) is 5.57 Å². The van der Waals surface area contributed by atoms with E-state index >= 15 is 0 Å². The average Bonchev–Trinajstić information content (AvgIpc) is 2.89. The summed E-state index contributed by atoms with van der Waals surface area (Å²) in [5.41, 5.74) is 3.52. The second kappa shape index (κ2) is 10.4. The van der Waals surface area contributed by atoms with Gasteiger partial charge in [-0.25, -0.2) is 9.69 Å². The number of nitrogens with zero attached hydrogens (tertiary/aromatic N) is 1. The predicted octanol–water partition coefficient (Wildman–Crippen LogP) is 7.12. The lowest BCUT2D eigenvalue weighted by molar-refractivity contribution is -0.122. The molecule has 4 aromatic carbocycles. The van der Waals surface area contributed by atoms with Gasteiger partial charge in [-0.3, -0.25) is 14.9 Å². The molecule has 190 valence electrons. The number of amides is 4. The molecular weight excluding hydrogens is 568 g/mol. The largest absolute Gasteiger partial charge is 0.488 e. The Morgan fingerprint density at radius 2 is 1.76 bits per heavy atom. The first kappa shape index (κ1) is 25.7. The van der Waals surface area contributed by atoms with Crippen molar-refractivity contribution in [3.05, 3.63) is 110 Å². The van der Waals surface area contributed by atoms with Crippen LogP contribution in [0.3, 0.4) is 0 Å². The normalized spacial score (nSPS) is 14.8. The zero-order chi connectivity index (χ0) is 27.0. The van der Waals surface area contributed by atoms with E-state index in [4.69, 9.17) is 16.3 Å². The van der Waals surface area contributed by atoms with Crippen molar-refractivity contribution in [1.82, 2.24) is 5.32 Å². The fourth-order valence-corrected chi connectivity index (χ4v) is 5.07. The van der Waals surface area contributed by atoms with Gasteiger partial charge in [0.15, 0.2) is 0 Å². The van der Waals surface area contributed by atoms with Gasteiger partial charge in [0.25, 0.3) is 11.8 Å². The molecule has 0 bridgehead atoms. The first-order valence-electron chi connectivity index (χ1n) is 11.8. The number of hydrogen-bond acceptors (Lipinski definition) is 4. The number of carbonyl (C=O) groups is 3. The highest BCUT2D eigenvalue weighted by atomic mass is 79.9. The Balaban J connectivity index is 1.41. The lowest BCUT2D eigenvalue weighted by atomic mass is 10.0. The van der Waals surface area contributed by atoms with Crippen LogP contribution in [0.5, 0.6) is 5.75 Å². The number of urea groups is 1. The van der Waals surface area contributed by atoms with Crippen molar-refractivity contribution in [2.45, 2.75) is 20.5 Å². The molecule has 1 aliphatic rings. The molecule has 1 saturated heterocycles. The summed E-state index contributed by atoms with van der Waals surface area (Å²) in [4.78, 5) is 39.3. The van der Waals surface area contributed by atoms with Crippen LogP contribution >= 0.6 is 27.5 Å². The van der Waals surface area contributed by atoms with Gasteiger partial charge in [0.2, 0.25) is 0 Å². The molecule has 0 aliphatic carbocycles. The second-order valence-electron chi connectivity index (χ2n) is 8.90. The molecule has 0 saturated carbocycles. The fraction of sp³-hybridized carbons (Fsp3) is 0.100. The molecule has 1 heterocycles. The van der Waals surface area contributed by atoms with E-state index in [0.29, 0.717) is 38.7 Å². The molecule has 4 amide bonds. The van der Waals surface area contributed by atoms with Gasteiger partial charge < -0.3 is 4.74 Å². The molecule has 5 rings (SSSR count). The number of rotatable bonds is 5. The van der Waals surface area contributed by atoms with E-state index in [0.717, 1.165) is 26.8 Å². The fourth-order valence-electron chi connectivity index (χ4n) is 4.39. The summed E-state index contributed by atoms with van der Waals surface area (Å²) in [6.07, 6.45) is 1.44. The summed E-state index contributed by atoms with van der Waals surface area (Å²) in [6, 6.07) is 21.7. The molecule has 1 N–H and O–H groups in total. The molecule has 8 heteroatoms. The smallest absolute Gasteiger partial charge is 0.335 e. The summed E-state index contributed by atoms with van der Waals surface area (Å²) < 4.78 is 6.79. The molecule has 0 radical (unpaired) electrons. The van der Waals surface area contributed by atoms with Crippen LogP contribution in [0, 0.1) is 13.8 Å². The summed E-state index contributed by atoms with van der Waals surface area (Å²) in [7, 11) is 0. The van der Waals surface area contributed by atoms with Crippen LogP contribution < -0.4 is 15.0 Å². The first-order valence-corrected chi connectivity index (χ1v) is 13.0. The maximum atomic E-state index is 13.3. The van der Waals surface area contributed by atoms with Crippen LogP contribution in [0.1, 0.15) is 22.3 Å². The Labute approximate surface area is 233 Å². The second-order valence-corrected chi connectivity index (χ2v) is 10.2. The zero-order valence-corrected chi connectivity index (χ0v) is 22.9. The van der Waals surface area contributed by atoms with E-state index in [1.807, 2.05) is 12.1 Å². The van der Waals surface area contributed by atoms with Gasteiger partial charge in [-0.1, -0.05) is 60.1 Å². The van der Waals surface area contributed by atoms with Crippen molar-refractivity contribution >= 4 is 67.9 Å². The number of benzene rings is 4. The van der Waals surface area contributed by atoms with Gasteiger partial charge in [0, 0.05) is 10.6 Å². The van der Waals surface area contributed by atoms with Gasteiger partial charge in [-0.15, -0.1) is 0 Å². The molecule has 0 aromatic heterocycles. The predicted molar refractivity (Wildman–Crippen MR) is 152 cm³/mol. The number of anilines is 1. The summed E-state index contributed by atoms with van der Waals surface area (Å²) in [5, 5.41) is 4.93. The Kier molecular flexibility index (Phi) is 7.06. The number of hydrogen-bond donors (Lipinski definition) is 1. The zero-order valence-electron chi connectivity index (χ0n) is 20.5. The molecule has 4 aromatic rings. The maximum Gasteiger partial charge on any atom is 0.335 e. The van der Waals surface area contributed by atoms with Gasteiger partial charge in [0.05, 0.1) is 10.2 Å². The molecule has 0 unspecified atom stereocenters. The standard InChI is InChI=1S/C30H22BrClN2O4/c1-17-10-12-20-6-3-4-7-21(20)23(17)16-38-27-13-11-19(15-24(27)31)14-22-28(35)33-30(37)34(29(22)36)26-9-5-8-25(32)18(26)2/h3-15H,16H2,1-2H3,(H,33,35,37)/b22-14+. The van der Waals surface area contributed by atoms with Crippen LogP contribution in [0.2, 0.25) is 5.02 Å². The number of imide groups is 2. The van der Waals surface area contributed by atoms with Gasteiger partial charge in [-0.2, -0.15) is 0 Å². The number of halogens is 2. The Morgan fingerprint density at radius 1 is 0.974 bits per heavy atom. The lowest BCUT2D eigenvalue weighted by Crippen LogP contribution is -2.54. The van der Waals surface area contributed by atoms with Crippen molar-refractivity contribution in [1.29, 1.82) is 0 Å². The SMILES string of the molecule is Cc1ccc2ccccc2c1COc1ccc(/C=C2\C(=O)NC(=O)N(c3cccc(Cl)c3C)C2=O)cc1Br. The van der Waals surface area contributed by atoms with Crippen molar-refractivity contribution in [2.24, 2.45) is 0 Å². The molecular formula is C30H22BrClN2O4. The van der Waals surface area contributed by atoms with Gasteiger partial charge >= 0.3 is 6.03 Å². The monoisotopic (exact) mass is 588 g/mol. The number of fused-ring (bicyclic) bond motifs is 1. The van der Waals surface area contributed by atoms with Crippen molar-refractivity contribution in [3.8, 4) is 5.75 Å². The topological polar surface area (TPSA) is 75.7 Å². The van der Waals surface area contributed by atoms with Crippen LogP contribution in [0.25, 0.3) is 16.8 Å². The highest BCUT2D eigenvalue weighted by Gasteiger charge is 2.37. The average molecular weight is 590 g/mol. The molecule has 6 nitrogen and oxygen atoms in total. The van der Waals surface area contributed by atoms with Crippen LogP contribution in [0.4, 0.5) is 10.5 Å². The number of carbonyl (C=O) groups excluding carboxylic acids is 3. The quantitative estimate of drug-likeness (QED) is 0.199. The maximum absolute atomic E-state index is 13.3. The Bertz CT molecular complexity index is 1660. The summed E-state index contributed by atoms with van der Waals surface area (Å²) in [6.45, 7) is 4.14. The third-order valence-electron chi connectivity index (χ3n) is 6.50. The van der Waals surface area contributed by atoms with Crippen molar-refractivity contribution < 1.29 is 19.1 Å². The van der Waals surface area contributed by atoms with Crippen molar-refractivity contribution in [2.75, 3.05) is 4.90 Å². The highest BCUT2D eigenvalue weighted by molar-refractivity contribution is 9.10. The Hall–Kier alpha value is -3.94.